The SMILES string of the molecule is Cc1c(C(C)NC(=O)CCC(C)(C)CCN)cnn1C. The Labute approximate surface area is 121 Å². The molecule has 0 bridgehead atoms. The van der Waals surface area contributed by atoms with Crippen molar-refractivity contribution in [3.05, 3.63) is 17.5 Å². The molecule has 0 saturated heterocycles. The molecule has 20 heavy (non-hydrogen) atoms. The lowest BCUT2D eigenvalue weighted by Crippen LogP contribution is -2.28. The number of nitrogens with two attached hydrogens (primary N) is 1. The number of aromatic nitrogens is 2. The normalized spacial score (nSPS) is 13.3. The average molecular weight is 280 g/mol. The summed E-state index contributed by atoms with van der Waals surface area (Å²) >= 11 is 0. The number of hydrogen-bond acceptors (Lipinski definition) is 3. The zero-order valence-corrected chi connectivity index (χ0v) is 13.4. The third-order valence-corrected chi connectivity index (χ3v) is 3.97. The first-order chi connectivity index (χ1) is 9.26. The summed E-state index contributed by atoms with van der Waals surface area (Å²) < 4.78 is 1.82. The Balaban J connectivity index is 2.48. The first kappa shape index (κ1) is 16.7. The third kappa shape index (κ3) is 4.63. The van der Waals surface area contributed by atoms with E-state index in [-0.39, 0.29) is 17.4 Å². The molecule has 0 radical (unpaired) electrons. The van der Waals surface area contributed by atoms with Gasteiger partial charge in [0.25, 0.3) is 0 Å². The number of rotatable bonds is 7. The minimum absolute atomic E-state index is 0.00572. The highest BCUT2D eigenvalue weighted by molar-refractivity contribution is 5.76. The molecule has 0 aliphatic heterocycles. The van der Waals surface area contributed by atoms with Crippen molar-refractivity contribution in [3.8, 4) is 0 Å². The highest BCUT2D eigenvalue weighted by Gasteiger charge is 2.20. The van der Waals surface area contributed by atoms with Crippen LogP contribution in [0.25, 0.3) is 0 Å². The number of hydrogen-bond donors (Lipinski definition) is 2. The number of carbonyl (C=O) groups excluding carboxylic acids is 1. The first-order valence-electron chi connectivity index (χ1n) is 7.25. The van der Waals surface area contributed by atoms with Crippen molar-refractivity contribution in [1.82, 2.24) is 15.1 Å². The quantitative estimate of drug-likeness (QED) is 0.803. The van der Waals surface area contributed by atoms with Crippen LogP contribution in [0.2, 0.25) is 0 Å². The lowest BCUT2D eigenvalue weighted by atomic mass is 9.84. The summed E-state index contributed by atoms with van der Waals surface area (Å²) in [5.74, 6) is 0.0887. The minimum Gasteiger partial charge on any atom is -0.349 e. The van der Waals surface area contributed by atoms with Crippen LogP contribution in [0.4, 0.5) is 0 Å². The van der Waals surface area contributed by atoms with Gasteiger partial charge < -0.3 is 11.1 Å². The molecule has 1 amide bonds. The van der Waals surface area contributed by atoms with E-state index in [1.165, 1.54) is 0 Å². The lowest BCUT2D eigenvalue weighted by Gasteiger charge is -2.24. The van der Waals surface area contributed by atoms with E-state index in [0.717, 1.165) is 24.1 Å². The van der Waals surface area contributed by atoms with Gasteiger partial charge in [0, 0.05) is 24.7 Å². The van der Waals surface area contributed by atoms with Crippen LogP contribution in [0.1, 0.15) is 57.3 Å². The second-order valence-corrected chi connectivity index (χ2v) is 6.30. The zero-order chi connectivity index (χ0) is 15.3. The minimum atomic E-state index is -0.00572. The van der Waals surface area contributed by atoms with Gasteiger partial charge in [-0.25, -0.2) is 0 Å². The second-order valence-electron chi connectivity index (χ2n) is 6.30. The summed E-state index contributed by atoms with van der Waals surface area (Å²) in [7, 11) is 1.91. The van der Waals surface area contributed by atoms with Crippen molar-refractivity contribution in [2.45, 2.75) is 53.0 Å². The summed E-state index contributed by atoms with van der Waals surface area (Å²) in [6.07, 6.45) is 4.15. The molecule has 114 valence electrons. The molecular formula is C15H28N4O. The molecule has 5 nitrogen and oxygen atoms in total. The van der Waals surface area contributed by atoms with E-state index in [0.29, 0.717) is 13.0 Å². The monoisotopic (exact) mass is 280 g/mol. The van der Waals surface area contributed by atoms with Crippen molar-refractivity contribution < 1.29 is 4.79 Å². The summed E-state index contributed by atoms with van der Waals surface area (Å²) in [6, 6.07) is -0.00572. The predicted octanol–water partition coefficient (Wildman–Crippen LogP) is 2.06. The number of nitrogens with one attached hydrogen (secondary N) is 1. The molecule has 1 unspecified atom stereocenters. The van der Waals surface area contributed by atoms with Crippen molar-refractivity contribution in [2.24, 2.45) is 18.2 Å². The fourth-order valence-corrected chi connectivity index (χ4v) is 2.30. The molecule has 1 heterocycles. The maximum absolute atomic E-state index is 12.0. The molecule has 0 aromatic carbocycles. The van der Waals surface area contributed by atoms with Gasteiger partial charge in [0.15, 0.2) is 0 Å². The van der Waals surface area contributed by atoms with E-state index in [9.17, 15) is 4.79 Å². The van der Waals surface area contributed by atoms with E-state index in [4.69, 9.17) is 5.73 Å². The highest BCUT2D eigenvalue weighted by atomic mass is 16.1. The lowest BCUT2D eigenvalue weighted by molar-refractivity contribution is -0.122. The van der Waals surface area contributed by atoms with E-state index in [2.05, 4.69) is 24.3 Å². The number of amides is 1. The van der Waals surface area contributed by atoms with Crippen LogP contribution >= 0.6 is 0 Å². The summed E-state index contributed by atoms with van der Waals surface area (Å²) in [5, 5.41) is 7.25. The van der Waals surface area contributed by atoms with Crippen molar-refractivity contribution in [3.63, 3.8) is 0 Å². The Hall–Kier alpha value is -1.36. The van der Waals surface area contributed by atoms with E-state index in [1.54, 1.807) is 0 Å². The Morgan fingerprint density at radius 1 is 1.50 bits per heavy atom. The fourth-order valence-electron chi connectivity index (χ4n) is 2.30. The summed E-state index contributed by atoms with van der Waals surface area (Å²) in [5.41, 5.74) is 7.87. The first-order valence-corrected chi connectivity index (χ1v) is 7.25. The van der Waals surface area contributed by atoms with Gasteiger partial charge >= 0.3 is 0 Å². The molecular weight excluding hydrogens is 252 g/mol. The van der Waals surface area contributed by atoms with E-state index in [1.807, 2.05) is 31.8 Å². The second kappa shape index (κ2) is 6.88. The molecule has 0 fully saturated rings. The fraction of sp³-hybridized carbons (Fsp3) is 0.733. The maximum Gasteiger partial charge on any atom is 0.220 e. The Bertz CT molecular complexity index is 451. The van der Waals surface area contributed by atoms with Gasteiger partial charge in [-0.05, 0) is 38.6 Å². The van der Waals surface area contributed by atoms with Crippen LogP contribution in [0, 0.1) is 12.3 Å². The topological polar surface area (TPSA) is 72.9 Å². The zero-order valence-electron chi connectivity index (χ0n) is 13.4. The maximum atomic E-state index is 12.0. The van der Waals surface area contributed by atoms with Crippen LogP contribution in [0.3, 0.4) is 0 Å². The van der Waals surface area contributed by atoms with Crippen LogP contribution in [-0.4, -0.2) is 22.2 Å². The molecule has 0 aliphatic carbocycles. The molecule has 0 spiro atoms. The highest BCUT2D eigenvalue weighted by Crippen LogP contribution is 2.26. The third-order valence-electron chi connectivity index (χ3n) is 3.97. The molecule has 1 aromatic rings. The molecule has 1 aromatic heterocycles. The number of aryl methyl sites for hydroxylation is 1. The van der Waals surface area contributed by atoms with Gasteiger partial charge in [-0.1, -0.05) is 13.8 Å². The molecule has 3 N–H and O–H groups in total. The standard InChI is InChI=1S/C15H28N4O/c1-11(13-10-17-19(5)12(13)2)18-14(20)6-7-15(3,4)8-9-16/h10-11H,6-9,16H2,1-5H3,(H,18,20). The molecule has 1 atom stereocenters. The van der Waals surface area contributed by atoms with Crippen LogP contribution in [0.5, 0.6) is 0 Å². The Morgan fingerprint density at radius 2 is 2.15 bits per heavy atom. The van der Waals surface area contributed by atoms with Gasteiger partial charge in [-0.2, -0.15) is 5.10 Å². The van der Waals surface area contributed by atoms with Gasteiger partial charge in [0.1, 0.15) is 0 Å². The van der Waals surface area contributed by atoms with Crippen molar-refractivity contribution >= 4 is 5.91 Å². The average Bonchev–Trinajstić information content (AvgIpc) is 2.68. The van der Waals surface area contributed by atoms with Gasteiger partial charge in [-0.15, -0.1) is 0 Å². The smallest absolute Gasteiger partial charge is 0.220 e. The summed E-state index contributed by atoms with van der Waals surface area (Å²) in [6.45, 7) is 8.98. The number of nitrogens with zero attached hydrogens (tertiary/aromatic N) is 2. The van der Waals surface area contributed by atoms with E-state index >= 15 is 0 Å². The molecule has 1 rings (SSSR count). The molecule has 0 aliphatic rings. The van der Waals surface area contributed by atoms with Crippen LogP contribution in [-0.2, 0) is 11.8 Å². The Morgan fingerprint density at radius 3 is 2.65 bits per heavy atom. The van der Waals surface area contributed by atoms with Gasteiger partial charge in [0.2, 0.25) is 5.91 Å². The number of carbonyl (C=O) groups is 1. The van der Waals surface area contributed by atoms with Crippen molar-refractivity contribution in [1.29, 1.82) is 0 Å². The van der Waals surface area contributed by atoms with Gasteiger partial charge in [-0.3, -0.25) is 9.48 Å². The van der Waals surface area contributed by atoms with Crippen LogP contribution in [0.15, 0.2) is 6.20 Å². The van der Waals surface area contributed by atoms with Crippen LogP contribution < -0.4 is 11.1 Å². The van der Waals surface area contributed by atoms with Crippen molar-refractivity contribution in [2.75, 3.05) is 6.54 Å². The summed E-state index contributed by atoms with van der Waals surface area (Å²) in [4.78, 5) is 12.0. The van der Waals surface area contributed by atoms with E-state index < -0.39 is 0 Å². The predicted molar refractivity (Wildman–Crippen MR) is 81.2 cm³/mol. The molecule has 5 heteroatoms. The largest absolute Gasteiger partial charge is 0.349 e. The Kier molecular flexibility index (Phi) is 5.74. The molecule has 0 saturated carbocycles. The van der Waals surface area contributed by atoms with Gasteiger partial charge in [0.05, 0.1) is 12.2 Å².